The fourth-order valence-electron chi connectivity index (χ4n) is 2.61. The van der Waals surface area contributed by atoms with Crippen molar-refractivity contribution in [2.75, 3.05) is 13.7 Å². The molecule has 3 atom stereocenters. The van der Waals surface area contributed by atoms with E-state index in [4.69, 9.17) is 9.47 Å². The second-order valence-electron chi connectivity index (χ2n) is 5.00. The number of cyclic esters (lactones) is 1. The molecule has 0 aromatic carbocycles. The van der Waals surface area contributed by atoms with Crippen LogP contribution in [0.4, 0.5) is 0 Å². The zero-order chi connectivity index (χ0) is 15.9. The summed E-state index contributed by atoms with van der Waals surface area (Å²) in [6, 6.07) is 0. The first kappa shape index (κ1) is 15.2. The second kappa shape index (κ2) is 4.96. The first-order valence-corrected chi connectivity index (χ1v) is 6.13. The van der Waals surface area contributed by atoms with Crippen LogP contribution in [0.25, 0.3) is 0 Å². The molecular formula is C13H14O8. The zero-order valence-electron chi connectivity index (χ0n) is 11.7. The number of methoxy groups -OCH3 is 1. The first-order chi connectivity index (χ1) is 9.71. The fraction of sp³-hybridized carbons (Fsp3) is 0.538. The predicted molar refractivity (Wildman–Crippen MR) is 64.7 cm³/mol. The van der Waals surface area contributed by atoms with Crippen LogP contribution in [0.2, 0.25) is 0 Å². The number of carbonyl (C=O) groups excluding carboxylic acids is 4. The molecule has 1 fully saturated rings. The number of hydrogen-bond donors (Lipinski definition) is 1. The molecule has 114 valence electrons. The summed E-state index contributed by atoms with van der Waals surface area (Å²) in [6.45, 7) is 1.82. The molecule has 0 aromatic rings. The number of carbonyl (C=O) groups is 4. The number of rotatable bonds is 2. The predicted octanol–water partition coefficient (Wildman–Crippen LogP) is -1.11. The molecule has 1 N–H and O–H groups in total. The van der Waals surface area contributed by atoms with Gasteiger partial charge in [0, 0.05) is 12.5 Å². The highest BCUT2D eigenvalue weighted by Gasteiger charge is 2.62. The third-order valence-corrected chi connectivity index (χ3v) is 3.54. The first-order valence-electron chi connectivity index (χ1n) is 6.13. The highest BCUT2D eigenvalue weighted by Crippen LogP contribution is 2.43. The van der Waals surface area contributed by atoms with Crippen LogP contribution in [0, 0.1) is 5.92 Å². The van der Waals surface area contributed by atoms with Crippen LogP contribution < -0.4 is 0 Å². The van der Waals surface area contributed by atoms with Crippen molar-refractivity contribution in [3.8, 4) is 0 Å². The number of esters is 3. The van der Waals surface area contributed by atoms with Crippen molar-refractivity contribution in [2.24, 2.45) is 5.92 Å². The lowest BCUT2D eigenvalue weighted by Gasteiger charge is -2.29. The van der Waals surface area contributed by atoms with E-state index in [9.17, 15) is 24.3 Å². The van der Waals surface area contributed by atoms with E-state index in [0.717, 1.165) is 14.0 Å². The lowest BCUT2D eigenvalue weighted by atomic mass is 9.86. The Kier molecular flexibility index (Phi) is 3.58. The van der Waals surface area contributed by atoms with E-state index in [1.165, 1.54) is 6.92 Å². The summed E-state index contributed by atoms with van der Waals surface area (Å²) in [5.41, 5.74) is -2.36. The molecule has 0 bridgehead atoms. The zero-order valence-corrected chi connectivity index (χ0v) is 11.7. The SMILES string of the molecule is COC(=O)C1=C2C(=O)[C@H](OC(C)=O)[C@](C)(O)[C@H]2C(=O)OC1. The lowest BCUT2D eigenvalue weighted by molar-refractivity contribution is -0.172. The summed E-state index contributed by atoms with van der Waals surface area (Å²) in [7, 11) is 1.11. The van der Waals surface area contributed by atoms with Gasteiger partial charge in [-0.3, -0.25) is 14.4 Å². The second-order valence-corrected chi connectivity index (χ2v) is 5.00. The van der Waals surface area contributed by atoms with Crippen LogP contribution in [0.3, 0.4) is 0 Å². The van der Waals surface area contributed by atoms with Gasteiger partial charge in [-0.1, -0.05) is 0 Å². The Morgan fingerprint density at radius 1 is 1.38 bits per heavy atom. The number of hydrogen-bond acceptors (Lipinski definition) is 8. The molecule has 0 saturated heterocycles. The van der Waals surface area contributed by atoms with Crippen LogP contribution in [-0.4, -0.2) is 54.2 Å². The van der Waals surface area contributed by atoms with E-state index >= 15 is 0 Å². The lowest BCUT2D eigenvalue weighted by Crippen LogP contribution is -2.47. The van der Waals surface area contributed by atoms with Crippen molar-refractivity contribution in [1.82, 2.24) is 0 Å². The van der Waals surface area contributed by atoms with Gasteiger partial charge in [0.05, 0.1) is 12.7 Å². The molecule has 21 heavy (non-hydrogen) atoms. The summed E-state index contributed by atoms with van der Waals surface area (Å²) < 4.78 is 14.2. The van der Waals surface area contributed by atoms with Crippen molar-refractivity contribution < 1.29 is 38.5 Å². The Balaban J connectivity index is 2.59. The molecule has 1 saturated carbocycles. The molecule has 2 rings (SSSR count). The van der Waals surface area contributed by atoms with Gasteiger partial charge in [0.15, 0.2) is 6.10 Å². The minimum absolute atomic E-state index is 0.151. The Morgan fingerprint density at radius 3 is 2.52 bits per heavy atom. The molecule has 0 spiro atoms. The van der Waals surface area contributed by atoms with Gasteiger partial charge in [-0.05, 0) is 6.92 Å². The normalized spacial score (nSPS) is 31.6. The maximum Gasteiger partial charge on any atom is 0.337 e. The molecule has 8 heteroatoms. The largest absolute Gasteiger partial charge is 0.466 e. The van der Waals surface area contributed by atoms with Crippen LogP contribution in [0.15, 0.2) is 11.1 Å². The number of aliphatic hydroxyl groups is 1. The van der Waals surface area contributed by atoms with Crippen LogP contribution >= 0.6 is 0 Å². The minimum Gasteiger partial charge on any atom is -0.466 e. The summed E-state index contributed by atoms with van der Waals surface area (Å²) in [5.74, 6) is -4.67. The van der Waals surface area contributed by atoms with Crippen molar-refractivity contribution >= 4 is 23.7 Å². The van der Waals surface area contributed by atoms with E-state index in [1.54, 1.807) is 0 Å². The molecule has 2 aliphatic rings. The number of fused-ring (bicyclic) bond motifs is 1. The van der Waals surface area contributed by atoms with Crippen molar-refractivity contribution in [3.63, 3.8) is 0 Å². The quantitative estimate of drug-likeness (QED) is 0.504. The van der Waals surface area contributed by atoms with Gasteiger partial charge in [-0.25, -0.2) is 4.79 Å². The molecule has 1 aliphatic carbocycles. The minimum atomic E-state index is -1.99. The van der Waals surface area contributed by atoms with E-state index < -0.39 is 47.9 Å². The van der Waals surface area contributed by atoms with Gasteiger partial charge in [0.25, 0.3) is 0 Å². The Hall–Kier alpha value is -2.22. The number of Topliss-reactive ketones (excluding diaryl/α,β-unsaturated/α-hetero) is 1. The molecule has 0 aromatic heterocycles. The van der Waals surface area contributed by atoms with Crippen LogP contribution in [0.5, 0.6) is 0 Å². The smallest absolute Gasteiger partial charge is 0.337 e. The maximum atomic E-state index is 12.4. The topological polar surface area (TPSA) is 116 Å². The summed E-state index contributed by atoms with van der Waals surface area (Å²) in [6.07, 6.45) is -1.57. The number of ketones is 1. The van der Waals surface area contributed by atoms with Gasteiger partial charge < -0.3 is 19.3 Å². The standard InChI is InChI=1S/C13H14O8/c1-5(14)21-10-9(15)7-6(11(16)19-3)4-20-12(17)8(7)13(10,2)18/h8,10,18H,4H2,1-3H3/t8-,10+,13-/m1/s1. The molecule has 0 amide bonds. The number of ether oxygens (including phenoxy) is 3. The monoisotopic (exact) mass is 298 g/mol. The average Bonchev–Trinajstić information content (AvgIpc) is 2.60. The average molecular weight is 298 g/mol. The van der Waals surface area contributed by atoms with Crippen molar-refractivity contribution in [3.05, 3.63) is 11.1 Å². The molecule has 1 heterocycles. The molecule has 1 aliphatic heterocycles. The molecule has 0 unspecified atom stereocenters. The van der Waals surface area contributed by atoms with Crippen LogP contribution in [-0.2, 0) is 33.4 Å². The Bertz CT molecular complexity index is 571. The van der Waals surface area contributed by atoms with E-state index in [1.807, 2.05) is 0 Å². The van der Waals surface area contributed by atoms with Crippen LogP contribution in [0.1, 0.15) is 13.8 Å². The van der Waals surface area contributed by atoms with Gasteiger partial charge >= 0.3 is 17.9 Å². The van der Waals surface area contributed by atoms with Gasteiger partial charge in [0.2, 0.25) is 5.78 Å². The fourth-order valence-corrected chi connectivity index (χ4v) is 2.61. The Labute approximate surface area is 119 Å². The highest BCUT2D eigenvalue weighted by atomic mass is 16.6. The molecule has 0 radical (unpaired) electrons. The molecule has 8 nitrogen and oxygen atoms in total. The maximum absolute atomic E-state index is 12.4. The Morgan fingerprint density at radius 2 is 2.00 bits per heavy atom. The summed E-state index contributed by atoms with van der Waals surface area (Å²) >= 11 is 0. The third-order valence-electron chi connectivity index (χ3n) is 3.54. The van der Waals surface area contributed by atoms with Gasteiger partial charge in [0.1, 0.15) is 18.1 Å². The summed E-state index contributed by atoms with van der Waals surface area (Å²) in [4.78, 5) is 47.0. The highest BCUT2D eigenvalue weighted by molar-refractivity contribution is 6.14. The van der Waals surface area contributed by atoms with Crippen molar-refractivity contribution in [2.45, 2.75) is 25.6 Å². The van der Waals surface area contributed by atoms with Gasteiger partial charge in [-0.15, -0.1) is 0 Å². The van der Waals surface area contributed by atoms with E-state index in [-0.39, 0.29) is 11.1 Å². The van der Waals surface area contributed by atoms with E-state index in [0.29, 0.717) is 0 Å². The van der Waals surface area contributed by atoms with Gasteiger partial charge in [-0.2, -0.15) is 0 Å². The summed E-state index contributed by atoms with van der Waals surface area (Å²) in [5, 5.41) is 10.4. The molecular weight excluding hydrogens is 284 g/mol. The van der Waals surface area contributed by atoms with E-state index in [2.05, 4.69) is 4.74 Å². The van der Waals surface area contributed by atoms with Crippen molar-refractivity contribution in [1.29, 1.82) is 0 Å². The third kappa shape index (κ3) is 2.21.